The number of hydrogen-bond donors (Lipinski definition) is 1. The molecule has 0 amide bonds. The van der Waals surface area contributed by atoms with Crippen molar-refractivity contribution in [1.82, 2.24) is 14.7 Å². The highest BCUT2D eigenvalue weighted by atomic mass is 35.5. The first-order chi connectivity index (χ1) is 13.6. The molecule has 0 fully saturated rings. The minimum Gasteiger partial charge on any atom is -0.504 e. The third kappa shape index (κ3) is 4.32. The summed E-state index contributed by atoms with van der Waals surface area (Å²) in [4.78, 5) is 2.36. The summed E-state index contributed by atoms with van der Waals surface area (Å²) >= 11 is 6.13. The number of hydrogen-bond acceptors (Lipinski definition) is 4. The van der Waals surface area contributed by atoms with E-state index >= 15 is 0 Å². The minimum absolute atomic E-state index is 0.182. The molecular formula is C22H24ClN3O2. The smallest absolute Gasteiger partial charge is 0.165 e. The summed E-state index contributed by atoms with van der Waals surface area (Å²) in [7, 11) is 0. The van der Waals surface area contributed by atoms with Gasteiger partial charge in [0.2, 0.25) is 0 Å². The van der Waals surface area contributed by atoms with Crippen molar-refractivity contribution >= 4 is 11.6 Å². The third-order valence-corrected chi connectivity index (χ3v) is 5.21. The second-order valence-electron chi connectivity index (χ2n) is 7.25. The molecule has 0 saturated heterocycles. The Labute approximate surface area is 170 Å². The zero-order valence-corrected chi connectivity index (χ0v) is 16.7. The van der Waals surface area contributed by atoms with E-state index in [2.05, 4.69) is 29.2 Å². The first-order valence-corrected chi connectivity index (χ1v) is 9.92. The van der Waals surface area contributed by atoms with Crippen LogP contribution in [0.5, 0.6) is 11.5 Å². The summed E-state index contributed by atoms with van der Waals surface area (Å²) in [5.74, 6) is 0.775. The van der Waals surface area contributed by atoms with E-state index < -0.39 is 0 Å². The van der Waals surface area contributed by atoms with Crippen LogP contribution in [0.1, 0.15) is 17.5 Å². The van der Waals surface area contributed by atoms with Crippen molar-refractivity contribution in [2.45, 2.75) is 26.4 Å². The van der Waals surface area contributed by atoms with Crippen molar-refractivity contribution in [1.29, 1.82) is 0 Å². The van der Waals surface area contributed by atoms with Gasteiger partial charge in [0.25, 0.3) is 0 Å². The second-order valence-corrected chi connectivity index (χ2v) is 7.69. The Morgan fingerprint density at radius 1 is 1.18 bits per heavy atom. The fourth-order valence-electron chi connectivity index (χ4n) is 3.62. The van der Waals surface area contributed by atoms with Gasteiger partial charge in [-0.25, -0.2) is 0 Å². The van der Waals surface area contributed by atoms with E-state index in [1.54, 1.807) is 6.07 Å². The van der Waals surface area contributed by atoms with Gasteiger partial charge < -0.3 is 9.84 Å². The Morgan fingerprint density at radius 3 is 2.86 bits per heavy atom. The molecular weight excluding hydrogens is 374 g/mol. The lowest BCUT2D eigenvalue weighted by Gasteiger charge is -2.19. The summed E-state index contributed by atoms with van der Waals surface area (Å²) in [6, 6.07) is 11.5. The number of fused-ring (bicyclic) bond motifs is 1. The van der Waals surface area contributed by atoms with Crippen molar-refractivity contribution in [2.75, 3.05) is 19.7 Å². The number of phenols is 1. The van der Waals surface area contributed by atoms with Crippen molar-refractivity contribution in [3.63, 3.8) is 0 Å². The lowest BCUT2D eigenvalue weighted by molar-refractivity contribution is 0.218. The van der Waals surface area contributed by atoms with E-state index in [-0.39, 0.29) is 5.75 Å². The topological polar surface area (TPSA) is 50.5 Å². The quantitative estimate of drug-likeness (QED) is 0.688. The van der Waals surface area contributed by atoms with Crippen molar-refractivity contribution in [3.05, 3.63) is 64.9 Å². The van der Waals surface area contributed by atoms with Gasteiger partial charge in [0.05, 0.1) is 6.20 Å². The molecule has 1 N–H and O–H groups in total. The number of aromatic hydroxyl groups is 1. The van der Waals surface area contributed by atoms with Gasteiger partial charge in [-0.15, -0.1) is 0 Å². The molecule has 0 atom stereocenters. The van der Waals surface area contributed by atoms with Crippen molar-refractivity contribution < 1.29 is 9.84 Å². The van der Waals surface area contributed by atoms with E-state index in [1.165, 1.54) is 5.56 Å². The predicted octanol–water partition coefficient (Wildman–Crippen LogP) is 4.50. The highest BCUT2D eigenvalue weighted by molar-refractivity contribution is 6.30. The van der Waals surface area contributed by atoms with Gasteiger partial charge in [0, 0.05) is 43.0 Å². The molecule has 0 spiro atoms. The molecule has 2 heterocycles. The Hall–Kier alpha value is -2.50. The van der Waals surface area contributed by atoms with E-state index in [0.717, 1.165) is 49.3 Å². The van der Waals surface area contributed by atoms with Crippen LogP contribution in [-0.4, -0.2) is 39.5 Å². The van der Waals surface area contributed by atoms with Gasteiger partial charge >= 0.3 is 0 Å². The largest absolute Gasteiger partial charge is 0.504 e. The predicted molar refractivity (Wildman–Crippen MR) is 111 cm³/mol. The molecule has 3 aromatic rings. The van der Waals surface area contributed by atoms with Gasteiger partial charge in [-0.2, -0.15) is 5.10 Å². The maximum Gasteiger partial charge on any atom is 0.165 e. The maximum absolute atomic E-state index is 10.5. The highest BCUT2D eigenvalue weighted by Gasteiger charge is 2.19. The summed E-state index contributed by atoms with van der Waals surface area (Å²) in [6.45, 7) is 6.04. The van der Waals surface area contributed by atoms with E-state index in [0.29, 0.717) is 17.4 Å². The SMILES string of the molecule is Cc1cnn(CCCN2CCOc3c(O)cc(-c4cccc(Cl)c4)cc3C2)c1. The fourth-order valence-corrected chi connectivity index (χ4v) is 3.81. The third-order valence-electron chi connectivity index (χ3n) is 4.98. The van der Waals surface area contributed by atoms with Crippen LogP contribution < -0.4 is 4.74 Å². The number of rotatable bonds is 5. The average Bonchev–Trinajstić information content (AvgIpc) is 2.96. The molecule has 2 aromatic carbocycles. The number of benzene rings is 2. The first-order valence-electron chi connectivity index (χ1n) is 9.54. The summed E-state index contributed by atoms with van der Waals surface area (Å²) < 4.78 is 7.84. The molecule has 28 heavy (non-hydrogen) atoms. The molecule has 0 aliphatic carbocycles. The zero-order valence-electron chi connectivity index (χ0n) is 15.9. The Morgan fingerprint density at radius 2 is 2.07 bits per heavy atom. The van der Waals surface area contributed by atoms with Gasteiger partial charge in [-0.05, 0) is 54.3 Å². The molecule has 0 unspecified atom stereocenters. The minimum atomic E-state index is 0.182. The van der Waals surface area contributed by atoms with Crippen molar-refractivity contribution in [3.8, 4) is 22.6 Å². The lowest BCUT2D eigenvalue weighted by atomic mass is 10.0. The Kier molecular flexibility index (Phi) is 5.55. The molecule has 1 aliphatic heterocycles. The number of ether oxygens (including phenoxy) is 1. The van der Waals surface area contributed by atoms with Gasteiger partial charge in [0.15, 0.2) is 11.5 Å². The highest BCUT2D eigenvalue weighted by Crippen LogP contribution is 2.38. The van der Waals surface area contributed by atoms with Crippen LogP contribution in [0.25, 0.3) is 11.1 Å². The van der Waals surface area contributed by atoms with Gasteiger partial charge in [-0.3, -0.25) is 9.58 Å². The maximum atomic E-state index is 10.5. The van der Waals surface area contributed by atoms with Crippen LogP contribution in [0.3, 0.4) is 0 Å². The second kappa shape index (κ2) is 8.25. The lowest BCUT2D eigenvalue weighted by Crippen LogP contribution is -2.27. The zero-order chi connectivity index (χ0) is 19.5. The summed E-state index contributed by atoms with van der Waals surface area (Å²) in [6.07, 6.45) is 4.96. The molecule has 1 aromatic heterocycles. The molecule has 5 nitrogen and oxygen atoms in total. The number of halogens is 1. The van der Waals surface area contributed by atoms with E-state index in [4.69, 9.17) is 16.3 Å². The first kappa shape index (κ1) is 18.8. The molecule has 1 aliphatic rings. The van der Waals surface area contributed by atoms with Crippen LogP contribution in [0.15, 0.2) is 48.8 Å². The molecule has 0 bridgehead atoms. The molecule has 0 radical (unpaired) electrons. The Balaban J connectivity index is 1.49. The summed E-state index contributed by atoms with van der Waals surface area (Å²) in [5, 5.41) is 15.5. The number of aromatic nitrogens is 2. The average molecular weight is 398 g/mol. The normalized spacial score (nSPS) is 14.4. The standard InChI is InChI=1S/C22H24ClN3O2/c1-16-13-24-26(14-16)7-3-6-25-8-9-28-22-19(15-25)10-18(12-21(22)27)17-4-2-5-20(23)11-17/h2,4-5,10-14,27H,3,6-9,15H2,1H3. The Bertz CT molecular complexity index is 970. The van der Waals surface area contributed by atoms with Gasteiger partial charge in [0.1, 0.15) is 6.61 Å². The van der Waals surface area contributed by atoms with Crippen LogP contribution in [0.4, 0.5) is 0 Å². The van der Waals surface area contributed by atoms with E-state index in [9.17, 15) is 5.11 Å². The summed E-state index contributed by atoms with van der Waals surface area (Å²) in [5.41, 5.74) is 4.11. The molecule has 146 valence electrons. The number of phenolic OH excluding ortho intramolecular Hbond substituents is 1. The molecule has 4 rings (SSSR count). The number of aryl methyl sites for hydroxylation is 2. The monoisotopic (exact) mass is 397 g/mol. The fraction of sp³-hybridized carbons (Fsp3) is 0.318. The van der Waals surface area contributed by atoms with Crippen LogP contribution in [-0.2, 0) is 13.1 Å². The van der Waals surface area contributed by atoms with Gasteiger partial charge in [-0.1, -0.05) is 23.7 Å². The molecule has 0 saturated carbocycles. The van der Waals surface area contributed by atoms with Crippen molar-refractivity contribution in [2.24, 2.45) is 0 Å². The molecule has 6 heteroatoms. The van der Waals surface area contributed by atoms with Crippen LogP contribution in [0.2, 0.25) is 5.02 Å². The van der Waals surface area contributed by atoms with E-state index in [1.807, 2.05) is 35.1 Å². The number of nitrogens with zero attached hydrogens (tertiary/aromatic N) is 3. The van der Waals surface area contributed by atoms with Crippen LogP contribution in [0, 0.1) is 6.92 Å². The van der Waals surface area contributed by atoms with Crippen LogP contribution >= 0.6 is 11.6 Å².